The zero-order valence-corrected chi connectivity index (χ0v) is 11.7. The third-order valence-electron chi connectivity index (χ3n) is 2.69. The van der Waals surface area contributed by atoms with Gasteiger partial charge in [0.05, 0.1) is 6.67 Å². The zero-order chi connectivity index (χ0) is 12.8. The Balaban J connectivity index is 2.81. The first-order valence-corrected chi connectivity index (χ1v) is 6.50. The summed E-state index contributed by atoms with van der Waals surface area (Å²) >= 11 is 5.29. The minimum absolute atomic E-state index is 0.0747. The molecule has 0 bridgehead atoms. The summed E-state index contributed by atoms with van der Waals surface area (Å²) in [4.78, 5) is 2.32. The Morgan fingerprint density at radius 3 is 2.29 bits per heavy atom. The van der Waals surface area contributed by atoms with Gasteiger partial charge in [-0.3, -0.25) is 4.90 Å². The van der Waals surface area contributed by atoms with E-state index in [-0.39, 0.29) is 6.61 Å². The molecule has 1 rings (SSSR count). The Morgan fingerprint density at radius 2 is 1.88 bits per heavy atom. The number of aromatic nitrogens is 3. The molecule has 0 spiro atoms. The average Bonchev–Trinajstić information content (AvgIpc) is 2.58. The molecule has 0 fully saturated rings. The molecule has 1 aromatic heterocycles. The fourth-order valence-corrected chi connectivity index (χ4v) is 2.04. The molecule has 0 amide bonds. The first-order valence-electron chi connectivity index (χ1n) is 6.09. The monoisotopic (exact) mass is 258 g/mol. The van der Waals surface area contributed by atoms with E-state index in [1.807, 2.05) is 7.05 Å². The Labute approximate surface area is 108 Å². The number of rotatable bonds is 7. The lowest BCUT2D eigenvalue weighted by atomic mass is 10.4. The average molecular weight is 258 g/mol. The Kier molecular flexibility index (Phi) is 5.80. The second-order valence-electron chi connectivity index (χ2n) is 4.17. The quantitative estimate of drug-likeness (QED) is 0.753. The van der Waals surface area contributed by atoms with Crippen LogP contribution in [0.3, 0.4) is 0 Å². The predicted molar refractivity (Wildman–Crippen MR) is 70.1 cm³/mol. The first kappa shape index (κ1) is 14.3. The molecular weight excluding hydrogens is 236 g/mol. The van der Waals surface area contributed by atoms with E-state index >= 15 is 0 Å². The van der Waals surface area contributed by atoms with Gasteiger partial charge in [0.2, 0.25) is 0 Å². The van der Waals surface area contributed by atoms with Gasteiger partial charge in [0.1, 0.15) is 6.61 Å². The fraction of sp³-hybridized carbons (Fsp3) is 0.818. The van der Waals surface area contributed by atoms with Crippen molar-refractivity contribution < 1.29 is 5.11 Å². The van der Waals surface area contributed by atoms with Crippen LogP contribution in [0.1, 0.15) is 32.5 Å². The van der Waals surface area contributed by atoms with Crippen LogP contribution in [0.2, 0.25) is 0 Å². The molecule has 1 heterocycles. The Hall–Kier alpha value is -0.720. The summed E-state index contributed by atoms with van der Waals surface area (Å²) in [7, 11) is 1.83. The lowest BCUT2D eigenvalue weighted by molar-refractivity contribution is 0.203. The molecule has 0 saturated carbocycles. The summed E-state index contributed by atoms with van der Waals surface area (Å²) in [6.45, 7) is 7.04. The molecule has 5 nitrogen and oxygen atoms in total. The molecule has 0 atom stereocenters. The third kappa shape index (κ3) is 3.62. The van der Waals surface area contributed by atoms with Crippen LogP contribution in [0.4, 0.5) is 0 Å². The van der Waals surface area contributed by atoms with E-state index in [0.29, 0.717) is 17.3 Å². The van der Waals surface area contributed by atoms with Gasteiger partial charge in [-0.2, -0.15) is 5.10 Å². The fourth-order valence-electron chi connectivity index (χ4n) is 1.84. The summed E-state index contributed by atoms with van der Waals surface area (Å²) in [5.41, 5.74) is 0. The summed E-state index contributed by atoms with van der Waals surface area (Å²) in [5, 5.41) is 13.5. The molecular formula is C11H22N4OS. The molecule has 6 heteroatoms. The number of hydrogen-bond acceptors (Lipinski definition) is 4. The smallest absolute Gasteiger partial charge is 0.198 e. The Morgan fingerprint density at radius 1 is 1.29 bits per heavy atom. The highest BCUT2D eigenvalue weighted by Crippen LogP contribution is 2.02. The predicted octanol–water partition coefficient (Wildman–Crippen LogP) is 1.52. The number of aliphatic hydroxyl groups excluding tert-OH is 1. The normalized spacial score (nSPS) is 11.4. The lowest BCUT2D eigenvalue weighted by Gasteiger charge is -2.20. The maximum Gasteiger partial charge on any atom is 0.198 e. The number of hydrogen-bond donors (Lipinski definition) is 1. The van der Waals surface area contributed by atoms with Crippen molar-refractivity contribution in [3.63, 3.8) is 0 Å². The van der Waals surface area contributed by atoms with Gasteiger partial charge in [-0.25, -0.2) is 4.68 Å². The molecule has 0 radical (unpaired) electrons. The topological polar surface area (TPSA) is 46.2 Å². The number of aliphatic hydroxyl groups is 1. The minimum Gasteiger partial charge on any atom is -0.388 e. The SMILES string of the molecule is CCCN(CCC)Cn1nc(CO)n(C)c1=S. The van der Waals surface area contributed by atoms with Crippen molar-refractivity contribution in [2.45, 2.75) is 40.0 Å². The summed E-state index contributed by atoms with van der Waals surface area (Å²) in [6, 6.07) is 0. The van der Waals surface area contributed by atoms with Crippen molar-refractivity contribution in [1.29, 1.82) is 0 Å². The minimum atomic E-state index is -0.0747. The highest BCUT2D eigenvalue weighted by atomic mass is 32.1. The summed E-state index contributed by atoms with van der Waals surface area (Å²) in [5.74, 6) is 0.614. The highest BCUT2D eigenvalue weighted by molar-refractivity contribution is 7.71. The van der Waals surface area contributed by atoms with Crippen LogP contribution in [0.15, 0.2) is 0 Å². The van der Waals surface area contributed by atoms with Crippen molar-refractivity contribution in [2.24, 2.45) is 7.05 Å². The molecule has 0 unspecified atom stereocenters. The van der Waals surface area contributed by atoms with Gasteiger partial charge in [0, 0.05) is 7.05 Å². The van der Waals surface area contributed by atoms with E-state index in [2.05, 4.69) is 23.8 Å². The van der Waals surface area contributed by atoms with Gasteiger partial charge in [0.15, 0.2) is 10.6 Å². The maximum absolute atomic E-state index is 9.14. The molecule has 0 aromatic carbocycles. The van der Waals surface area contributed by atoms with Gasteiger partial charge in [-0.15, -0.1) is 0 Å². The van der Waals surface area contributed by atoms with Crippen LogP contribution in [0.25, 0.3) is 0 Å². The summed E-state index contributed by atoms with van der Waals surface area (Å²) in [6.07, 6.45) is 2.24. The molecule has 0 aliphatic rings. The second-order valence-corrected chi connectivity index (χ2v) is 4.54. The zero-order valence-electron chi connectivity index (χ0n) is 10.9. The molecule has 0 aliphatic heterocycles. The van der Waals surface area contributed by atoms with Gasteiger partial charge in [-0.05, 0) is 38.1 Å². The van der Waals surface area contributed by atoms with E-state index in [0.717, 1.165) is 25.9 Å². The molecule has 1 aromatic rings. The molecule has 0 aliphatic carbocycles. The largest absolute Gasteiger partial charge is 0.388 e. The van der Waals surface area contributed by atoms with Gasteiger partial charge >= 0.3 is 0 Å². The number of nitrogens with zero attached hydrogens (tertiary/aromatic N) is 4. The van der Waals surface area contributed by atoms with E-state index in [9.17, 15) is 0 Å². The van der Waals surface area contributed by atoms with E-state index in [4.69, 9.17) is 17.3 Å². The highest BCUT2D eigenvalue weighted by Gasteiger charge is 2.09. The van der Waals surface area contributed by atoms with Crippen LogP contribution in [-0.2, 0) is 20.3 Å². The molecule has 1 N–H and O–H groups in total. The molecule has 17 heavy (non-hydrogen) atoms. The van der Waals surface area contributed by atoms with E-state index in [1.54, 1.807) is 9.25 Å². The van der Waals surface area contributed by atoms with Crippen molar-refractivity contribution >= 4 is 12.2 Å². The van der Waals surface area contributed by atoms with Crippen LogP contribution in [0.5, 0.6) is 0 Å². The van der Waals surface area contributed by atoms with Crippen LogP contribution in [0, 0.1) is 4.77 Å². The van der Waals surface area contributed by atoms with Gasteiger partial charge in [0.25, 0.3) is 0 Å². The van der Waals surface area contributed by atoms with Crippen molar-refractivity contribution in [2.75, 3.05) is 13.1 Å². The first-order chi connectivity index (χ1) is 8.13. The summed E-state index contributed by atoms with van der Waals surface area (Å²) < 4.78 is 4.20. The van der Waals surface area contributed by atoms with Crippen molar-refractivity contribution in [1.82, 2.24) is 19.2 Å². The van der Waals surface area contributed by atoms with Gasteiger partial charge in [-0.1, -0.05) is 13.8 Å². The lowest BCUT2D eigenvalue weighted by Crippen LogP contribution is -2.28. The Bertz CT molecular complexity index is 393. The second kappa shape index (κ2) is 6.88. The van der Waals surface area contributed by atoms with E-state index < -0.39 is 0 Å². The molecule has 98 valence electrons. The van der Waals surface area contributed by atoms with Crippen LogP contribution < -0.4 is 0 Å². The van der Waals surface area contributed by atoms with E-state index in [1.165, 1.54) is 0 Å². The van der Waals surface area contributed by atoms with Crippen molar-refractivity contribution in [3.05, 3.63) is 10.6 Å². The van der Waals surface area contributed by atoms with Crippen LogP contribution >= 0.6 is 12.2 Å². The van der Waals surface area contributed by atoms with Crippen molar-refractivity contribution in [3.8, 4) is 0 Å². The van der Waals surface area contributed by atoms with Crippen LogP contribution in [-0.4, -0.2) is 37.4 Å². The van der Waals surface area contributed by atoms with Gasteiger partial charge < -0.3 is 9.67 Å². The molecule has 0 saturated heterocycles. The third-order valence-corrected chi connectivity index (χ3v) is 3.17. The maximum atomic E-state index is 9.14. The standard InChI is InChI=1S/C11H22N4OS/c1-4-6-14(7-5-2)9-15-11(17)13(3)10(8-16)12-15/h16H,4-9H2,1-3H3.